The molecule has 4 nitrogen and oxygen atoms in total. The zero-order chi connectivity index (χ0) is 41.8. The van der Waals surface area contributed by atoms with Gasteiger partial charge in [0.2, 0.25) is 0 Å². The van der Waals surface area contributed by atoms with Gasteiger partial charge in [0.05, 0.1) is 22.4 Å². The van der Waals surface area contributed by atoms with Crippen molar-refractivity contribution in [2.75, 3.05) is 0 Å². The van der Waals surface area contributed by atoms with Crippen molar-refractivity contribution in [1.82, 2.24) is 19.9 Å². The van der Waals surface area contributed by atoms with Crippen LogP contribution in [-0.4, -0.2) is 19.9 Å². The minimum Gasteiger partial charge on any atom is -0.228 e. The lowest BCUT2D eigenvalue weighted by molar-refractivity contribution is 0.660. The topological polar surface area (TPSA) is 51.6 Å². The number of fused-ring (bicyclic) bond motifs is 11. The average Bonchev–Trinajstić information content (AvgIpc) is 3.57. The van der Waals surface area contributed by atoms with E-state index in [4.69, 9.17) is 19.9 Å². The van der Waals surface area contributed by atoms with E-state index in [9.17, 15) is 0 Å². The van der Waals surface area contributed by atoms with E-state index in [1.807, 2.05) is 0 Å². The van der Waals surface area contributed by atoms with Crippen LogP contribution in [0.4, 0.5) is 0 Å². The largest absolute Gasteiger partial charge is 0.228 e. The first kappa shape index (κ1) is 35.7. The number of para-hydroxylation sites is 2. The Bertz CT molecular complexity index is 3650. The average molecular weight is 803 g/mol. The molecule has 13 rings (SSSR count). The Balaban J connectivity index is 0.893. The summed E-state index contributed by atoms with van der Waals surface area (Å²) in [6.45, 7) is 4.64. The third kappa shape index (κ3) is 5.54. The second kappa shape index (κ2) is 13.5. The van der Waals surface area contributed by atoms with Gasteiger partial charge in [-0.1, -0.05) is 172 Å². The van der Waals surface area contributed by atoms with Gasteiger partial charge in [-0.25, -0.2) is 19.9 Å². The molecule has 294 valence electrons. The smallest absolute Gasteiger partial charge is 0.160 e. The highest BCUT2D eigenvalue weighted by Crippen LogP contribution is 2.51. The van der Waals surface area contributed by atoms with Crippen molar-refractivity contribution >= 4 is 64.9 Å². The van der Waals surface area contributed by atoms with E-state index in [0.717, 1.165) is 67.1 Å². The van der Waals surface area contributed by atoms with Crippen molar-refractivity contribution in [2.45, 2.75) is 19.3 Å². The number of aromatic nitrogens is 4. The molecule has 4 heteroatoms. The van der Waals surface area contributed by atoms with Crippen LogP contribution in [0.2, 0.25) is 0 Å². The molecule has 0 unspecified atom stereocenters. The van der Waals surface area contributed by atoms with E-state index in [1.54, 1.807) is 0 Å². The maximum absolute atomic E-state index is 5.35. The molecule has 63 heavy (non-hydrogen) atoms. The highest BCUT2D eigenvalue weighted by Gasteiger charge is 2.36. The Morgan fingerprint density at radius 2 is 0.683 bits per heavy atom. The van der Waals surface area contributed by atoms with Crippen molar-refractivity contribution in [3.8, 4) is 56.4 Å². The lowest BCUT2D eigenvalue weighted by Crippen LogP contribution is -2.15. The molecule has 0 spiro atoms. The van der Waals surface area contributed by atoms with E-state index in [0.29, 0.717) is 0 Å². The minimum absolute atomic E-state index is 0.293. The zero-order valence-electron chi connectivity index (χ0n) is 34.8. The fraction of sp³-hybridized carbons (Fsp3) is 0.0508. The van der Waals surface area contributed by atoms with Crippen molar-refractivity contribution in [1.29, 1.82) is 0 Å². The zero-order valence-corrected chi connectivity index (χ0v) is 34.8. The van der Waals surface area contributed by atoms with Gasteiger partial charge in [0.1, 0.15) is 0 Å². The van der Waals surface area contributed by atoms with Gasteiger partial charge in [0, 0.05) is 38.4 Å². The predicted octanol–water partition coefficient (Wildman–Crippen LogP) is 15.2. The van der Waals surface area contributed by atoms with Gasteiger partial charge in [0.15, 0.2) is 11.6 Å². The summed E-state index contributed by atoms with van der Waals surface area (Å²) in [6.07, 6.45) is 0. The number of rotatable bonds is 4. The molecule has 12 aromatic rings. The predicted molar refractivity (Wildman–Crippen MR) is 262 cm³/mol. The summed E-state index contributed by atoms with van der Waals surface area (Å²) >= 11 is 0. The molecule has 2 aromatic heterocycles. The number of hydrogen-bond donors (Lipinski definition) is 0. The molecule has 1 aliphatic rings. The van der Waals surface area contributed by atoms with Crippen LogP contribution >= 0.6 is 0 Å². The lowest BCUT2D eigenvalue weighted by atomic mass is 9.81. The fourth-order valence-electron chi connectivity index (χ4n) is 10.2. The minimum atomic E-state index is -0.293. The molecule has 2 heterocycles. The molecule has 0 atom stereocenters. The Kier molecular flexibility index (Phi) is 7.62. The molecule has 0 bridgehead atoms. The van der Waals surface area contributed by atoms with Gasteiger partial charge in [-0.3, -0.25) is 0 Å². The lowest BCUT2D eigenvalue weighted by Gasteiger charge is -2.22. The Hall–Kier alpha value is -8.08. The molecule has 10 aromatic carbocycles. The summed E-state index contributed by atoms with van der Waals surface area (Å²) in [5.74, 6) is 1.44. The highest BCUT2D eigenvalue weighted by atomic mass is 14.9. The molecular weight excluding hydrogens is 765 g/mol. The fourth-order valence-corrected chi connectivity index (χ4v) is 10.2. The van der Waals surface area contributed by atoms with Crippen molar-refractivity contribution in [2.24, 2.45) is 0 Å². The van der Waals surface area contributed by atoms with Gasteiger partial charge in [-0.2, -0.15) is 0 Å². The van der Waals surface area contributed by atoms with Crippen LogP contribution in [0, 0.1) is 0 Å². The van der Waals surface area contributed by atoms with Gasteiger partial charge < -0.3 is 0 Å². The van der Waals surface area contributed by atoms with E-state index < -0.39 is 0 Å². The summed E-state index contributed by atoms with van der Waals surface area (Å²) in [5, 5.41) is 11.9. The first-order valence-corrected chi connectivity index (χ1v) is 21.6. The van der Waals surface area contributed by atoms with E-state index >= 15 is 0 Å². The molecule has 0 fully saturated rings. The van der Waals surface area contributed by atoms with Crippen molar-refractivity contribution in [3.63, 3.8) is 0 Å². The molecule has 0 radical (unpaired) electrons. The van der Waals surface area contributed by atoms with Crippen LogP contribution in [0.5, 0.6) is 0 Å². The van der Waals surface area contributed by atoms with Crippen LogP contribution in [0.25, 0.3) is 121 Å². The highest BCUT2D eigenvalue weighted by molar-refractivity contribution is 6.10. The van der Waals surface area contributed by atoms with Crippen LogP contribution in [0.1, 0.15) is 25.0 Å². The first-order valence-electron chi connectivity index (χ1n) is 21.6. The third-order valence-corrected chi connectivity index (χ3v) is 13.4. The van der Waals surface area contributed by atoms with E-state index in [1.165, 1.54) is 65.3 Å². The van der Waals surface area contributed by atoms with E-state index in [2.05, 4.69) is 208 Å². The van der Waals surface area contributed by atoms with Crippen LogP contribution in [0.3, 0.4) is 0 Å². The van der Waals surface area contributed by atoms with Gasteiger partial charge in [-0.05, 0) is 102 Å². The Morgan fingerprint density at radius 3 is 1.16 bits per heavy atom. The molecule has 0 amide bonds. The second-order valence-corrected chi connectivity index (χ2v) is 17.4. The number of nitrogens with zero attached hydrogens (tertiary/aromatic N) is 4. The van der Waals surface area contributed by atoms with E-state index in [-0.39, 0.29) is 5.41 Å². The first-order chi connectivity index (χ1) is 30.9. The molecule has 0 saturated heterocycles. The quantitative estimate of drug-likeness (QED) is 0.166. The molecule has 1 aliphatic carbocycles. The Morgan fingerprint density at radius 1 is 0.302 bits per heavy atom. The standard InChI is InChI=1S/C59H38N4/c1-59(2)51-33-41(57-60-53-17-9-7-15-49(53)55(62-57)39-23-27-45-37(31-39)21-19-35-11-3-5-13-43(35)45)25-29-47(51)48-30-26-42(34-52(48)59)58-61-54-18-10-8-16-50(54)56(63-58)40-24-28-46-38(32-40)22-20-36-12-4-6-14-44(36)46/h3-34H,1-2H3. The molecule has 0 saturated carbocycles. The second-order valence-electron chi connectivity index (χ2n) is 17.4. The molecule has 0 aliphatic heterocycles. The Labute approximate surface area is 364 Å². The van der Waals surface area contributed by atoms with Crippen LogP contribution in [-0.2, 0) is 5.41 Å². The van der Waals surface area contributed by atoms with Crippen LogP contribution in [0.15, 0.2) is 194 Å². The summed E-state index contributed by atoms with van der Waals surface area (Å²) in [5.41, 5.74) is 12.6. The maximum atomic E-state index is 5.35. The monoisotopic (exact) mass is 802 g/mol. The normalized spacial score (nSPS) is 13.0. The third-order valence-electron chi connectivity index (χ3n) is 13.4. The van der Waals surface area contributed by atoms with Gasteiger partial charge in [0.25, 0.3) is 0 Å². The summed E-state index contributed by atoms with van der Waals surface area (Å²) in [7, 11) is 0. The van der Waals surface area contributed by atoms with Gasteiger partial charge in [-0.15, -0.1) is 0 Å². The maximum Gasteiger partial charge on any atom is 0.160 e. The summed E-state index contributed by atoms with van der Waals surface area (Å²) in [4.78, 5) is 21.0. The summed E-state index contributed by atoms with van der Waals surface area (Å²) < 4.78 is 0. The van der Waals surface area contributed by atoms with Crippen molar-refractivity contribution < 1.29 is 0 Å². The SMILES string of the molecule is CC1(C)c2cc(-c3nc(-c4ccc5c(ccc6ccccc65)c4)c4ccccc4n3)ccc2-c2ccc(-c3nc(-c4ccc5c(ccc6ccccc65)c4)c4ccccc4n3)cc21. The van der Waals surface area contributed by atoms with Crippen molar-refractivity contribution in [3.05, 3.63) is 205 Å². The number of benzene rings is 10. The van der Waals surface area contributed by atoms with Gasteiger partial charge >= 0.3 is 0 Å². The number of hydrogen-bond acceptors (Lipinski definition) is 4. The molecular formula is C59H38N4. The molecule has 0 N–H and O–H groups in total. The summed E-state index contributed by atoms with van der Waals surface area (Å²) in [6, 6.07) is 69.6. The van der Waals surface area contributed by atoms with Crippen LogP contribution < -0.4 is 0 Å².